The SMILES string of the molecule is COc1ccc(/C(O)=C2\C(=O)C(=O)N(CCN(C)C)[C@@H]2c2ccccc2)cc1. The van der Waals surface area contributed by atoms with E-state index < -0.39 is 17.7 Å². The molecule has 0 bridgehead atoms. The zero-order chi connectivity index (χ0) is 20.3. The van der Waals surface area contributed by atoms with Crippen molar-refractivity contribution in [2.24, 2.45) is 0 Å². The predicted molar refractivity (Wildman–Crippen MR) is 107 cm³/mol. The Morgan fingerprint density at radius 2 is 1.71 bits per heavy atom. The van der Waals surface area contributed by atoms with Crippen LogP contribution in [-0.4, -0.2) is 60.9 Å². The number of ketones is 1. The first-order valence-corrected chi connectivity index (χ1v) is 9.06. The molecule has 1 amide bonds. The van der Waals surface area contributed by atoms with E-state index in [1.165, 1.54) is 4.90 Å². The minimum atomic E-state index is -0.666. The summed E-state index contributed by atoms with van der Waals surface area (Å²) in [6.07, 6.45) is 0. The number of likely N-dealkylation sites (N-methyl/N-ethyl adjacent to an activating group) is 1. The maximum atomic E-state index is 12.8. The van der Waals surface area contributed by atoms with Crippen LogP contribution in [-0.2, 0) is 9.59 Å². The summed E-state index contributed by atoms with van der Waals surface area (Å²) >= 11 is 0. The monoisotopic (exact) mass is 380 g/mol. The number of Topliss-reactive ketones (excluding diaryl/α,β-unsaturated/α-hetero) is 1. The molecule has 3 rings (SSSR count). The average molecular weight is 380 g/mol. The van der Waals surface area contributed by atoms with Crippen LogP contribution in [0.5, 0.6) is 5.75 Å². The Morgan fingerprint density at radius 1 is 1.07 bits per heavy atom. The van der Waals surface area contributed by atoms with Gasteiger partial charge in [-0.2, -0.15) is 0 Å². The second kappa shape index (κ2) is 8.27. The number of carbonyl (C=O) groups is 2. The Hall–Kier alpha value is -3.12. The molecule has 0 unspecified atom stereocenters. The lowest BCUT2D eigenvalue weighted by Crippen LogP contribution is -2.35. The summed E-state index contributed by atoms with van der Waals surface area (Å²) in [6.45, 7) is 0.995. The molecule has 0 aliphatic carbocycles. The minimum absolute atomic E-state index is 0.111. The third kappa shape index (κ3) is 3.77. The van der Waals surface area contributed by atoms with Crippen molar-refractivity contribution in [2.45, 2.75) is 6.04 Å². The van der Waals surface area contributed by atoms with Gasteiger partial charge in [0, 0.05) is 18.7 Å². The van der Waals surface area contributed by atoms with Crippen molar-refractivity contribution in [1.29, 1.82) is 0 Å². The normalized spacial score (nSPS) is 18.7. The number of benzene rings is 2. The molecule has 0 spiro atoms. The molecule has 1 fully saturated rings. The van der Waals surface area contributed by atoms with Gasteiger partial charge in [0.1, 0.15) is 11.5 Å². The van der Waals surface area contributed by atoms with Crippen LogP contribution in [0.25, 0.3) is 5.76 Å². The maximum absolute atomic E-state index is 12.8. The number of aliphatic hydroxyl groups is 1. The maximum Gasteiger partial charge on any atom is 0.295 e. The lowest BCUT2D eigenvalue weighted by Gasteiger charge is -2.26. The van der Waals surface area contributed by atoms with E-state index in [0.717, 1.165) is 5.56 Å². The number of rotatable bonds is 6. The van der Waals surface area contributed by atoms with Gasteiger partial charge in [-0.05, 0) is 43.9 Å². The third-order valence-electron chi connectivity index (χ3n) is 4.81. The lowest BCUT2D eigenvalue weighted by atomic mass is 9.95. The molecule has 1 saturated heterocycles. The topological polar surface area (TPSA) is 70.1 Å². The Bertz CT molecular complexity index is 889. The van der Waals surface area contributed by atoms with Gasteiger partial charge in [-0.3, -0.25) is 9.59 Å². The van der Waals surface area contributed by atoms with Crippen LogP contribution in [0, 0.1) is 0 Å². The van der Waals surface area contributed by atoms with Crippen LogP contribution < -0.4 is 4.74 Å². The largest absolute Gasteiger partial charge is 0.507 e. The number of hydrogen-bond acceptors (Lipinski definition) is 5. The zero-order valence-corrected chi connectivity index (χ0v) is 16.3. The van der Waals surface area contributed by atoms with Gasteiger partial charge in [-0.1, -0.05) is 30.3 Å². The number of methoxy groups -OCH3 is 1. The summed E-state index contributed by atoms with van der Waals surface area (Å²) in [4.78, 5) is 29.1. The Kier molecular flexibility index (Phi) is 5.80. The first-order chi connectivity index (χ1) is 13.4. The highest BCUT2D eigenvalue weighted by Gasteiger charge is 2.45. The number of aliphatic hydroxyl groups excluding tert-OH is 1. The van der Waals surface area contributed by atoms with Crippen LogP contribution in [0.1, 0.15) is 17.2 Å². The van der Waals surface area contributed by atoms with Crippen LogP contribution in [0.4, 0.5) is 0 Å². The summed E-state index contributed by atoms with van der Waals surface area (Å²) in [6, 6.07) is 15.4. The summed E-state index contributed by atoms with van der Waals surface area (Å²) in [5, 5.41) is 10.9. The van der Waals surface area contributed by atoms with Gasteiger partial charge in [0.15, 0.2) is 0 Å². The average Bonchev–Trinajstić information content (AvgIpc) is 2.97. The molecule has 1 atom stereocenters. The molecular weight excluding hydrogens is 356 g/mol. The molecule has 28 heavy (non-hydrogen) atoms. The number of carbonyl (C=O) groups excluding carboxylic acids is 2. The molecule has 1 N–H and O–H groups in total. The van der Waals surface area contributed by atoms with Gasteiger partial charge in [0.25, 0.3) is 11.7 Å². The quantitative estimate of drug-likeness (QED) is 0.474. The molecular formula is C22H24N2O4. The Balaban J connectivity index is 2.10. The van der Waals surface area contributed by atoms with E-state index in [2.05, 4.69) is 0 Å². The number of nitrogens with zero attached hydrogens (tertiary/aromatic N) is 2. The second-order valence-electron chi connectivity index (χ2n) is 6.93. The van der Waals surface area contributed by atoms with Crippen molar-refractivity contribution in [1.82, 2.24) is 9.80 Å². The van der Waals surface area contributed by atoms with E-state index in [0.29, 0.717) is 24.4 Å². The second-order valence-corrected chi connectivity index (χ2v) is 6.93. The summed E-state index contributed by atoms with van der Waals surface area (Å²) < 4.78 is 5.14. The number of amides is 1. The number of ether oxygens (including phenoxy) is 1. The van der Waals surface area contributed by atoms with Crippen LogP contribution in [0.3, 0.4) is 0 Å². The molecule has 0 aromatic heterocycles. The first kappa shape index (κ1) is 19.6. The van der Waals surface area contributed by atoms with Crippen molar-refractivity contribution in [3.8, 4) is 5.75 Å². The van der Waals surface area contributed by atoms with Crippen molar-refractivity contribution >= 4 is 17.4 Å². The Labute approximate surface area is 164 Å². The van der Waals surface area contributed by atoms with Gasteiger partial charge >= 0.3 is 0 Å². The molecule has 1 aliphatic heterocycles. The van der Waals surface area contributed by atoms with Crippen molar-refractivity contribution < 1.29 is 19.4 Å². The third-order valence-corrected chi connectivity index (χ3v) is 4.81. The van der Waals surface area contributed by atoms with Crippen molar-refractivity contribution in [3.05, 3.63) is 71.3 Å². The number of likely N-dealkylation sites (tertiary alicyclic amines) is 1. The molecule has 2 aromatic carbocycles. The highest BCUT2D eigenvalue weighted by atomic mass is 16.5. The predicted octanol–water partition coefficient (Wildman–Crippen LogP) is 2.68. The minimum Gasteiger partial charge on any atom is -0.507 e. The lowest BCUT2D eigenvalue weighted by molar-refractivity contribution is -0.140. The van der Waals surface area contributed by atoms with Gasteiger partial charge in [-0.15, -0.1) is 0 Å². The van der Waals surface area contributed by atoms with Gasteiger partial charge in [-0.25, -0.2) is 0 Å². The number of hydrogen-bond donors (Lipinski definition) is 1. The highest BCUT2D eigenvalue weighted by Crippen LogP contribution is 2.39. The molecule has 6 heteroatoms. The van der Waals surface area contributed by atoms with E-state index in [4.69, 9.17) is 4.74 Å². The van der Waals surface area contributed by atoms with Crippen LogP contribution in [0.2, 0.25) is 0 Å². The van der Waals surface area contributed by atoms with E-state index in [1.54, 1.807) is 31.4 Å². The molecule has 2 aromatic rings. The van der Waals surface area contributed by atoms with Crippen molar-refractivity contribution in [2.75, 3.05) is 34.3 Å². The highest BCUT2D eigenvalue weighted by molar-refractivity contribution is 6.46. The molecule has 1 heterocycles. The first-order valence-electron chi connectivity index (χ1n) is 9.06. The summed E-state index contributed by atoms with van der Waals surface area (Å²) in [5.74, 6) is -0.795. The zero-order valence-electron chi connectivity index (χ0n) is 16.3. The Morgan fingerprint density at radius 3 is 2.29 bits per heavy atom. The summed E-state index contributed by atoms with van der Waals surface area (Å²) in [5.41, 5.74) is 1.36. The molecule has 1 aliphatic rings. The molecule has 146 valence electrons. The molecule has 6 nitrogen and oxygen atoms in total. The standard InChI is InChI=1S/C22H24N2O4/c1-23(2)13-14-24-19(15-7-5-4-6-8-15)18(21(26)22(24)27)20(25)16-9-11-17(28-3)12-10-16/h4-12,19,25H,13-14H2,1-3H3/b20-18+/t19-/m1/s1. The fourth-order valence-electron chi connectivity index (χ4n) is 3.30. The van der Waals surface area contributed by atoms with E-state index >= 15 is 0 Å². The van der Waals surface area contributed by atoms with Crippen LogP contribution >= 0.6 is 0 Å². The van der Waals surface area contributed by atoms with E-state index in [9.17, 15) is 14.7 Å². The van der Waals surface area contributed by atoms with Gasteiger partial charge in [0.2, 0.25) is 0 Å². The van der Waals surface area contributed by atoms with Gasteiger partial charge < -0.3 is 19.6 Å². The van der Waals surface area contributed by atoms with E-state index in [-0.39, 0.29) is 11.3 Å². The fourth-order valence-corrected chi connectivity index (χ4v) is 3.30. The summed E-state index contributed by atoms with van der Waals surface area (Å²) in [7, 11) is 5.37. The van der Waals surface area contributed by atoms with Crippen molar-refractivity contribution in [3.63, 3.8) is 0 Å². The molecule has 0 saturated carbocycles. The van der Waals surface area contributed by atoms with E-state index in [1.807, 2.05) is 49.3 Å². The fraction of sp³-hybridized carbons (Fsp3) is 0.273. The molecule has 0 radical (unpaired) electrons. The van der Waals surface area contributed by atoms with Gasteiger partial charge in [0.05, 0.1) is 18.7 Å². The van der Waals surface area contributed by atoms with Crippen LogP contribution in [0.15, 0.2) is 60.2 Å². The smallest absolute Gasteiger partial charge is 0.295 e.